The van der Waals surface area contributed by atoms with E-state index in [1.54, 1.807) is 24.3 Å². The summed E-state index contributed by atoms with van der Waals surface area (Å²) in [5.74, 6) is -0.945. The molecule has 0 spiro atoms. The van der Waals surface area contributed by atoms with Gasteiger partial charge in [-0.15, -0.1) is 0 Å². The molecule has 2 aromatic rings. The smallest absolute Gasteiger partial charge is 0.337 e. The van der Waals surface area contributed by atoms with E-state index in [1.165, 1.54) is 26.4 Å². The highest BCUT2D eigenvalue weighted by molar-refractivity contribution is 6.30. The van der Waals surface area contributed by atoms with Crippen molar-refractivity contribution in [3.63, 3.8) is 0 Å². The molecule has 0 saturated carbocycles. The Balaban J connectivity index is 2.25. The number of anilines is 1. The number of amides is 1. The van der Waals surface area contributed by atoms with E-state index in [9.17, 15) is 14.7 Å². The van der Waals surface area contributed by atoms with E-state index >= 15 is 0 Å². The molecule has 0 atom stereocenters. The molecule has 0 aromatic heterocycles. The van der Waals surface area contributed by atoms with Crippen LogP contribution in [-0.2, 0) is 11.2 Å². The van der Waals surface area contributed by atoms with Gasteiger partial charge >= 0.3 is 5.97 Å². The first-order valence-electron chi connectivity index (χ1n) is 6.98. The van der Waals surface area contributed by atoms with Crippen molar-refractivity contribution < 1.29 is 24.2 Å². The molecule has 0 heterocycles. The van der Waals surface area contributed by atoms with Crippen LogP contribution in [0.1, 0.15) is 15.9 Å². The second kappa shape index (κ2) is 7.70. The molecule has 6 nitrogen and oxygen atoms in total. The summed E-state index contributed by atoms with van der Waals surface area (Å²) < 4.78 is 10.2. The van der Waals surface area contributed by atoms with Gasteiger partial charge in [0.2, 0.25) is 5.91 Å². The van der Waals surface area contributed by atoms with Crippen LogP contribution in [0, 0.1) is 0 Å². The number of methoxy groups -OCH3 is 2. The number of benzene rings is 2. The number of carboxylic acid groups (broad SMARTS) is 1. The van der Waals surface area contributed by atoms with E-state index in [0.29, 0.717) is 10.8 Å². The zero-order valence-corrected chi connectivity index (χ0v) is 13.9. The normalized spacial score (nSPS) is 10.1. The Kier molecular flexibility index (Phi) is 5.65. The van der Waals surface area contributed by atoms with Crippen LogP contribution in [0.25, 0.3) is 0 Å². The second-order valence-electron chi connectivity index (χ2n) is 4.91. The van der Waals surface area contributed by atoms with E-state index in [4.69, 9.17) is 21.1 Å². The van der Waals surface area contributed by atoms with Crippen LogP contribution in [0.4, 0.5) is 5.69 Å². The molecular formula is C17H16ClNO5. The number of hydrogen-bond acceptors (Lipinski definition) is 4. The maximum absolute atomic E-state index is 12.2. The lowest BCUT2D eigenvalue weighted by molar-refractivity contribution is -0.115. The van der Waals surface area contributed by atoms with Gasteiger partial charge in [-0.2, -0.15) is 0 Å². The van der Waals surface area contributed by atoms with Gasteiger partial charge in [0, 0.05) is 17.2 Å². The molecule has 126 valence electrons. The summed E-state index contributed by atoms with van der Waals surface area (Å²) >= 11 is 5.80. The zero-order valence-electron chi connectivity index (χ0n) is 13.1. The van der Waals surface area contributed by atoms with E-state index in [1.807, 2.05) is 0 Å². The lowest BCUT2D eigenvalue weighted by Crippen LogP contribution is -2.17. The van der Waals surface area contributed by atoms with E-state index in [-0.39, 0.29) is 29.3 Å². The van der Waals surface area contributed by atoms with Crippen molar-refractivity contribution in [2.45, 2.75) is 6.42 Å². The third kappa shape index (κ3) is 4.17. The summed E-state index contributed by atoms with van der Waals surface area (Å²) in [5.41, 5.74) is 0.811. The Hall–Kier alpha value is -2.73. The molecule has 7 heteroatoms. The van der Waals surface area contributed by atoms with E-state index < -0.39 is 5.97 Å². The van der Waals surface area contributed by atoms with Crippen LogP contribution in [0.5, 0.6) is 11.5 Å². The zero-order chi connectivity index (χ0) is 17.7. The lowest BCUT2D eigenvalue weighted by atomic mass is 10.1. The van der Waals surface area contributed by atoms with Crippen molar-refractivity contribution in [2.75, 3.05) is 19.5 Å². The molecule has 1 amide bonds. The third-order valence-corrected chi connectivity index (χ3v) is 3.56. The number of halogens is 1. The van der Waals surface area contributed by atoms with Crippen molar-refractivity contribution >= 4 is 29.2 Å². The predicted molar refractivity (Wildman–Crippen MR) is 90.3 cm³/mol. The van der Waals surface area contributed by atoms with Crippen molar-refractivity contribution in [2.24, 2.45) is 0 Å². The average Bonchev–Trinajstić information content (AvgIpc) is 2.56. The molecule has 0 aliphatic heterocycles. The fraction of sp³-hybridized carbons (Fsp3) is 0.176. The molecule has 24 heavy (non-hydrogen) atoms. The molecule has 0 aliphatic carbocycles. The van der Waals surface area contributed by atoms with Crippen molar-refractivity contribution in [1.29, 1.82) is 0 Å². The Morgan fingerprint density at radius 1 is 1.08 bits per heavy atom. The number of rotatable bonds is 6. The minimum Gasteiger partial charge on any atom is -0.493 e. The lowest BCUT2D eigenvalue weighted by Gasteiger charge is -2.13. The SMILES string of the molecule is COc1cc(NC(=O)Cc2ccc(Cl)cc2)c(C(=O)O)cc1OC. The third-order valence-electron chi connectivity index (χ3n) is 3.31. The number of carbonyl (C=O) groups is 2. The Morgan fingerprint density at radius 2 is 1.67 bits per heavy atom. The monoisotopic (exact) mass is 349 g/mol. The molecule has 2 N–H and O–H groups in total. The average molecular weight is 350 g/mol. The van der Waals surface area contributed by atoms with Crippen LogP contribution in [0.2, 0.25) is 5.02 Å². The summed E-state index contributed by atoms with van der Waals surface area (Å²) in [6.07, 6.45) is 0.0879. The topological polar surface area (TPSA) is 84.9 Å². The van der Waals surface area contributed by atoms with Crippen LogP contribution >= 0.6 is 11.6 Å². The molecule has 0 aliphatic rings. The minimum absolute atomic E-state index is 0.0860. The predicted octanol–water partition coefficient (Wildman–Crippen LogP) is 3.24. The molecular weight excluding hydrogens is 334 g/mol. The number of aromatic carboxylic acids is 1. The van der Waals surface area contributed by atoms with Crippen LogP contribution in [0.3, 0.4) is 0 Å². The molecule has 0 unspecified atom stereocenters. The Morgan fingerprint density at radius 3 is 2.21 bits per heavy atom. The van der Waals surface area contributed by atoms with E-state index in [0.717, 1.165) is 5.56 Å². The highest BCUT2D eigenvalue weighted by Gasteiger charge is 2.18. The number of ether oxygens (including phenoxy) is 2. The molecule has 0 saturated heterocycles. The van der Waals surface area contributed by atoms with Crippen molar-refractivity contribution in [3.05, 3.63) is 52.5 Å². The van der Waals surface area contributed by atoms with Crippen LogP contribution in [0.15, 0.2) is 36.4 Å². The van der Waals surface area contributed by atoms with Gasteiger partial charge in [0.15, 0.2) is 11.5 Å². The van der Waals surface area contributed by atoms with Gasteiger partial charge in [0.05, 0.1) is 31.9 Å². The van der Waals surface area contributed by atoms with Gasteiger partial charge < -0.3 is 19.9 Å². The van der Waals surface area contributed by atoms with Crippen LogP contribution in [-0.4, -0.2) is 31.2 Å². The van der Waals surface area contributed by atoms with Crippen LogP contribution < -0.4 is 14.8 Å². The fourth-order valence-electron chi connectivity index (χ4n) is 2.14. The molecule has 0 fully saturated rings. The van der Waals surface area contributed by atoms with Gasteiger partial charge in [-0.05, 0) is 17.7 Å². The van der Waals surface area contributed by atoms with Crippen molar-refractivity contribution in [3.8, 4) is 11.5 Å². The first-order valence-corrected chi connectivity index (χ1v) is 7.36. The number of carboxylic acids is 1. The van der Waals surface area contributed by atoms with Gasteiger partial charge in [0.1, 0.15) is 0 Å². The standard InChI is InChI=1S/C17H16ClNO5/c1-23-14-8-12(17(21)22)13(9-15(14)24-2)19-16(20)7-10-3-5-11(18)6-4-10/h3-6,8-9H,7H2,1-2H3,(H,19,20)(H,21,22). The second-order valence-corrected chi connectivity index (χ2v) is 5.35. The largest absolute Gasteiger partial charge is 0.493 e. The van der Waals surface area contributed by atoms with Gasteiger partial charge in [0.25, 0.3) is 0 Å². The summed E-state index contributed by atoms with van der Waals surface area (Å²) in [6.45, 7) is 0. The number of nitrogens with one attached hydrogen (secondary N) is 1. The summed E-state index contributed by atoms with van der Waals surface area (Å²) in [6, 6.07) is 9.55. The minimum atomic E-state index is -1.18. The Labute approximate surface area is 144 Å². The molecule has 2 aromatic carbocycles. The molecule has 0 radical (unpaired) electrons. The summed E-state index contributed by atoms with van der Waals surface area (Å²) in [4.78, 5) is 23.6. The van der Waals surface area contributed by atoms with Gasteiger partial charge in [-0.25, -0.2) is 4.79 Å². The first kappa shape index (κ1) is 17.6. The number of hydrogen-bond donors (Lipinski definition) is 2. The first-order chi connectivity index (χ1) is 11.4. The fourth-order valence-corrected chi connectivity index (χ4v) is 2.27. The maximum Gasteiger partial charge on any atom is 0.337 e. The quantitative estimate of drug-likeness (QED) is 0.836. The van der Waals surface area contributed by atoms with E-state index in [2.05, 4.69) is 5.32 Å². The number of carbonyl (C=O) groups excluding carboxylic acids is 1. The highest BCUT2D eigenvalue weighted by Crippen LogP contribution is 2.33. The summed E-state index contributed by atoms with van der Waals surface area (Å²) in [5, 5.41) is 12.5. The molecule has 0 bridgehead atoms. The molecule has 2 rings (SSSR count). The Bertz CT molecular complexity index is 758. The van der Waals surface area contributed by atoms with Gasteiger partial charge in [-0.1, -0.05) is 23.7 Å². The van der Waals surface area contributed by atoms with Gasteiger partial charge in [-0.3, -0.25) is 4.79 Å². The van der Waals surface area contributed by atoms with Crippen molar-refractivity contribution in [1.82, 2.24) is 0 Å². The summed E-state index contributed by atoms with van der Waals surface area (Å²) in [7, 11) is 2.83. The maximum atomic E-state index is 12.2. The highest BCUT2D eigenvalue weighted by atomic mass is 35.5.